The van der Waals surface area contributed by atoms with Gasteiger partial charge in [-0.25, -0.2) is 9.97 Å². The van der Waals surface area contributed by atoms with Gasteiger partial charge in [-0.15, -0.1) is 0 Å². The van der Waals surface area contributed by atoms with E-state index in [1.807, 2.05) is 0 Å². The molecule has 0 atom stereocenters. The zero-order valence-corrected chi connectivity index (χ0v) is 11.9. The second kappa shape index (κ2) is 5.43. The largest absolute Gasteiger partial charge is 0.378 e. The van der Waals surface area contributed by atoms with Gasteiger partial charge in [-0.05, 0) is 13.5 Å². The number of fused-ring (bicyclic) bond motifs is 1. The molecule has 2 aliphatic rings. The summed E-state index contributed by atoms with van der Waals surface area (Å²) in [7, 11) is 0. The van der Waals surface area contributed by atoms with Crippen LogP contribution in [0.4, 0.5) is 5.95 Å². The van der Waals surface area contributed by atoms with Crippen LogP contribution in [0.5, 0.6) is 0 Å². The van der Waals surface area contributed by atoms with E-state index >= 15 is 0 Å². The van der Waals surface area contributed by atoms with Crippen LogP contribution in [0, 0.1) is 6.92 Å². The maximum absolute atomic E-state index is 5.39. The molecule has 1 saturated heterocycles. The van der Waals surface area contributed by atoms with Crippen LogP contribution in [0.2, 0.25) is 0 Å². The molecule has 0 aromatic carbocycles. The summed E-state index contributed by atoms with van der Waals surface area (Å²) in [6.07, 6.45) is 1.05. The lowest BCUT2D eigenvalue weighted by Crippen LogP contribution is -2.38. The van der Waals surface area contributed by atoms with Gasteiger partial charge in [-0.3, -0.25) is 4.90 Å². The molecule has 5 nitrogen and oxygen atoms in total. The number of hydrogen-bond donors (Lipinski definition) is 0. The second-order valence-electron chi connectivity index (χ2n) is 5.25. The summed E-state index contributed by atoms with van der Waals surface area (Å²) in [6, 6.07) is 0. The number of ether oxygens (including phenoxy) is 1. The lowest BCUT2D eigenvalue weighted by atomic mass is 10.0. The Bertz CT molecular complexity index is 457. The summed E-state index contributed by atoms with van der Waals surface area (Å²) < 4.78 is 5.39. The molecule has 0 aliphatic carbocycles. The molecule has 0 saturated carbocycles. The number of hydrogen-bond acceptors (Lipinski definition) is 5. The molecule has 3 rings (SSSR count). The smallest absolute Gasteiger partial charge is 0.225 e. The van der Waals surface area contributed by atoms with Crippen molar-refractivity contribution in [1.29, 1.82) is 0 Å². The highest BCUT2D eigenvalue weighted by Gasteiger charge is 2.22. The molecular formula is C14H22N4O. The van der Waals surface area contributed by atoms with Gasteiger partial charge in [0.1, 0.15) is 0 Å². The van der Waals surface area contributed by atoms with Crippen LogP contribution in [0.25, 0.3) is 0 Å². The van der Waals surface area contributed by atoms with E-state index in [0.717, 1.165) is 64.0 Å². The minimum absolute atomic E-state index is 0.781. The summed E-state index contributed by atoms with van der Waals surface area (Å²) in [5, 5.41) is 0. The van der Waals surface area contributed by atoms with E-state index in [9.17, 15) is 0 Å². The SMILES string of the molecule is CCN1CCc2nc(N3CCOCC3)nc(C)c2C1. The van der Waals surface area contributed by atoms with Crippen molar-refractivity contribution in [2.24, 2.45) is 0 Å². The van der Waals surface area contributed by atoms with Crippen LogP contribution in [0.1, 0.15) is 23.9 Å². The molecule has 19 heavy (non-hydrogen) atoms. The molecule has 0 unspecified atom stereocenters. The maximum Gasteiger partial charge on any atom is 0.225 e. The molecule has 104 valence electrons. The van der Waals surface area contributed by atoms with Crippen molar-refractivity contribution in [2.75, 3.05) is 44.3 Å². The second-order valence-corrected chi connectivity index (χ2v) is 5.25. The van der Waals surface area contributed by atoms with E-state index in [2.05, 4.69) is 23.6 Å². The number of aryl methyl sites for hydroxylation is 1. The van der Waals surface area contributed by atoms with E-state index in [1.54, 1.807) is 0 Å². The fourth-order valence-electron chi connectivity index (χ4n) is 2.79. The number of aromatic nitrogens is 2. The van der Waals surface area contributed by atoms with Crippen molar-refractivity contribution >= 4 is 5.95 Å². The zero-order valence-electron chi connectivity index (χ0n) is 11.9. The van der Waals surface area contributed by atoms with Gasteiger partial charge in [-0.1, -0.05) is 6.92 Å². The molecular weight excluding hydrogens is 240 g/mol. The van der Waals surface area contributed by atoms with Gasteiger partial charge in [0.2, 0.25) is 5.95 Å². The molecule has 0 amide bonds. The van der Waals surface area contributed by atoms with Crippen LogP contribution in [-0.4, -0.2) is 54.3 Å². The lowest BCUT2D eigenvalue weighted by Gasteiger charge is -2.31. The van der Waals surface area contributed by atoms with Crippen LogP contribution >= 0.6 is 0 Å². The molecule has 1 aromatic heterocycles. The Kier molecular flexibility index (Phi) is 3.66. The maximum atomic E-state index is 5.39. The van der Waals surface area contributed by atoms with E-state index < -0.39 is 0 Å². The summed E-state index contributed by atoms with van der Waals surface area (Å²) in [6.45, 7) is 10.9. The van der Waals surface area contributed by atoms with E-state index in [0.29, 0.717) is 0 Å². The van der Waals surface area contributed by atoms with Crippen LogP contribution in [0.3, 0.4) is 0 Å². The van der Waals surface area contributed by atoms with Gasteiger partial charge in [-0.2, -0.15) is 0 Å². The molecule has 0 radical (unpaired) electrons. The van der Waals surface area contributed by atoms with Crippen molar-refractivity contribution in [3.8, 4) is 0 Å². The number of anilines is 1. The van der Waals surface area contributed by atoms with E-state index in [1.165, 1.54) is 11.3 Å². The molecule has 1 fully saturated rings. The first kappa shape index (κ1) is 12.8. The van der Waals surface area contributed by atoms with Gasteiger partial charge in [0.25, 0.3) is 0 Å². The third kappa shape index (κ3) is 2.58. The van der Waals surface area contributed by atoms with Gasteiger partial charge in [0, 0.05) is 43.9 Å². The Labute approximate surface area is 114 Å². The third-order valence-electron chi connectivity index (χ3n) is 4.08. The predicted octanol–water partition coefficient (Wildman–Crippen LogP) is 1.000. The molecule has 0 N–H and O–H groups in total. The molecule has 5 heteroatoms. The van der Waals surface area contributed by atoms with Crippen molar-refractivity contribution < 1.29 is 4.74 Å². The van der Waals surface area contributed by atoms with Crippen LogP contribution < -0.4 is 4.90 Å². The molecule has 1 aromatic rings. The Balaban J connectivity index is 1.87. The Morgan fingerprint density at radius 3 is 2.68 bits per heavy atom. The minimum Gasteiger partial charge on any atom is -0.378 e. The number of nitrogens with zero attached hydrogens (tertiary/aromatic N) is 4. The number of morpholine rings is 1. The third-order valence-corrected chi connectivity index (χ3v) is 4.08. The lowest BCUT2D eigenvalue weighted by molar-refractivity contribution is 0.122. The Morgan fingerprint density at radius 2 is 1.95 bits per heavy atom. The fraction of sp³-hybridized carbons (Fsp3) is 0.714. The minimum atomic E-state index is 0.781. The first-order valence-corrected chi connectivity index (χ1v) is 7.19. The quantitative estimate of drug-likeness (QED) is 0.795. The van der Waals surface area contributed by atoms with Crippen molar-refractivity contribution in [3.05, 3.63) is 17.0 Å². The standard InChI is InChI=1S/C14H22N4O/c1-3-17-5-4-13-12(10-17)11(2)15-14(16-13)18-6-8-19-9-7-18/h3-10H2,1-2H3. The Morgan fingerprint density at radius 1 is 1.16 bits per heavy atom. The van der Waals surface area contributed by atoms with Crippen molar-refractivity contribution in [3.63, 3.8) is 0 Å². The molecule has 2 aliphatic heterocycles. The van der Waals surface area contributed by atoms with Crippen LogP contribution in [-0.2, 0) is 17.7 Å². The summed E-state index contributed by atoms with van der Waals surface area (Å²) in [5.41, 5.74) is 3.73. The van der Waals surface area contributed by atoms with Gasteiger partial charge >= 0.3 is 0 Å². The van der Waals surface area contributed by atoms with Gasteiger partial charge in [0.05, 0.1) is 18.9 Å². The monoisotopic (exact) mass is 262 g/mol. The number of rotatable bonds is 2. The van der Waals surface area contributed by atoms with Crippen molar-refractivity contribution in [1.82, 2.24) is 14.9 Å². The van der Waals surface area contributed by atoms with Gasteiger partial charge in [0.15, 0.2) is 0 Å². The topological polar surface area (TPSA) is 41.5 Å². The van der Waals surface area contributed by atoms with E-state index in [4.69, 9.17) is 14.7 Å². The number of likely N-dealkylation sites (N-methyl/N-ethyl adjacent to an activating group) is 1. The van der Waals surface area contributed by atoms with Gasteiger partial charge < -0.3 is 9.64 Å². The first-order chi connectivity index (χ1) is 9.28. The molecule has 0 spiro atoms. The molecule has 3 heterocycles. The average Bonchev–Trinajstić information content (AvgIpc) is 2.48. The molecule has 0 bridgehead atoms. The summed E-state index contributed by atoms with van der Waals surface area (Å²) >= 11 is 0. The average molecular weight is 262 g/mol. The first-order valence-electron chi connectivity index (χ1n) is 7.19. The highest BCUT2D eigenvalue weighted by atomic mass is 16.5. The normalized spacial score (nSPS) is 20.4. The summed E-state index contributed by atoms with van der Waals surface area (Å²) in [5.74, 6) is 0.893. The highest BCUT2D eigenvalue weighted by molar-refractivity contribution is 5.38. The highest BCUT2D eigenvalue weighted by Crippen LogP contribution is 2.22. The zero-order chi connectivity index (χ0) is 13.2. The van der Waals surface area contributed by atoms with Crippen LogP contribution in [0.15, 0.2) is 0 Å². The fourth-order valence-corrected chi connectivity index (χ4v) is 2.79. The van der Waals surface area contributed by atoms with E-state index in [-0.39, 0.29) is 0 Å². The predicted molar refractivity (Wildman–Crippen MR) is 74.5 cm³/mol. The van der Waals surface area contributed by atoms with Crippen molar-refractivity contribution in [2.45, 2.75) is 26.8 Å². The Hall–Kier alpha value is -1.20. The summed E-state index contributed by atoms with van der Waals surface area (Å²) in [4.78, 5) is 14.2.